The number of piperidine rings is 1. The van der Waals surface area contributed by atoms with E-state index in [1.165, 1.54) is 0 Å². The molecule has 3 heterocycles. The average Bonchev–Trinajstić information content (AvgIpc) is 3.09. The molecule has 5 rings (SSSR count). The van der Waals surface area contributed by atoms with Crippen molar-refractivity contribution in [3.05, 3.63) is 70.2 Å². The van der Waals surface area contributed by atoms with E-state index in [-0.39, 0.29) is 17.8 Å². The van der Waals surface area contributed by atoms with E-state index < -0.39 is 0 Å². The van der Waals surface area contributed by atoms with Crippen LogP contribution in [0, 0.1) is 0 Å². The van der Waals surface area contributed by atoms with Crippen LogP contribution in [0.5, 0.6) is 0 Å². The fraction of sp³-hybridized carbons (Fsp3) is 0.227. The Labute approximate surface area is 176 Å². The predicted octanol–water partition coefficient (Wildman–Crippen LogP) is 4.67. The van der Waals surface area contributed by atoms with Gasteiger partial charge in [0.05, 0.1) is 11.0 Å². The smallest absolute Gasteiger partial charge is 0.408 e. The zero-order valence-corrected chi connectivity index (χ0v) is 16.8. The lowest BCUT2D eigenvalue weighted by Gasteiger charge is -2.32. The molecule has 0 atom stereocenters. The number of likely N-dealkylation sites (tertiary alicyclic amines) is 1. The molecule has 2 amide bonds. The molecular formula is C22H19ClN4O3. The summed E-state index contributed by atoms with van der Waals surface area (Å²) >= 11 is 6.00. The van der Waals surface area contributed by atoms with Crippen molar-refractivity contribution >= 4 is 45.5 Å². The van der Waals surface area contributed by atoms with Gasteiger partial charge in [0, 0.05) is 29.5 Å². The van der Waals surface area contributed by atoms with Crippen LogP contribution < -0.4 is 11.1 Å². The van der Waals surface area contributed by atoms with Crippen molar-refractivity contribution in [3.8, 4) is 0 Å². The van der Waals surface area contributed by atoms with Gasteiger partial charge in [-0.25, -0.2) is 14.6 Å². The zero-order chi connectivity index (χ0) is 20.7. The first-order valence-electron chi connectivity index (χ1n) is 9.81. The quantitative estimate of drug-likeness (QED) is 0.509. The Hall–Kier alpha value is -3.32. The second-order valence-corrected chi connectivity index (χ2v) is 7.82. The molecule has 4 aromatic rings. The topological polar surface area (TPSA) is 80.4 Å². The molecule has 1 N–H and O–H groups in total. The molecule has 1 aliphatic heterocycles. The molecule has 2 aromatic heterocycles. The first kappa shape index (κ1) is 18.7. The van der Waals surface area contributed by atoms with Gasteiger partial charge in [0.2, 0.25) is 0 Å². The lowest BCUT2D eigenvalue weighted by molar-refractivity contribution is 0.182. The van der Waals surface area contributed by atoms with Crippen LogP contribution in [0.4, 0.5) is 10.6 Å². The minimum absolute atomic E-state index is 0.00809. The number of hydrogen-bond acceptors (Lipinski definition) is 4. The van der Waals surface area contributed by atoms with Crippen LogP contribution in [-0.2, 0) is 0 Å². The molecule has 0 unspecified atom stereocenters. The third kappa shape index (κ3) is 3.41. The van der Waals surface area contributed by atoms with Gasteiger partial charge >= 0.3 is 11.8 Å². The number of halogens is 1. The number of oxazole rings is 1. The highest BCUT2D eigenvalue weighted by Gasteiger charge is 2.27. The monoisotopic (exact) mass is 422 g/mol. The van der Waals surface area contributed by atoms with Gasteiger partial charge < -0.3 is 9.32 Å². The number of nitrogens with one attached hydrogen (secondary N) is 1. The number of pyridine rings is 1. The molecule has 0 saturated carbocycles. The molecule has 30 heavy (non-hydrogen) atoms. The van der Waals surface area contributed by atoms with Crippen LogP contribution in [0.1, 0.15) is 18.9 Å². The van der Waals surface area contributed by atoms with Gasteiger partial charge in [0.1, 0.15) is 5.82 Å². The molecule has 0 radical (unpaired) electrons. The highest BCUT2D eigenvalue weighted by atomic mass is 35.5. The van der Waals surface area contributed by atoms with Crippen molar-refractivity contribution in [2.45, 2.75) is 18.9 Å². The second kappa shape index (κ2) is 7.50. The second-order valence-electron chi connectivity index (χ2n) is 7.39. The van der Waals surface area contributed by atoms with Gasteiger partial charge in [-0.15, -0.1) is 0 Å². The Morgan fingerprint density at radius 2 is 1.90 bits per heavy atom. The molecule has 7 nitrogen and oxygen atoms in total. The Bertz CT molecular complexity index is 1300. The Kier molecular flexibility index (Phi) is 4.67. The van der Waals surface area contributed by atoms with E-state index in [1.54, 1.807) is 27.7 Å². The predicted molar refractivity (Wildman–Crippen MR) is 116 cm³/mol. The maximum Gasteiger partial charge on any atom is 0.420 e. The molecule has 1 aliphatic rings. The summed E-state index contributed by atoms with van der Waals surface area (Å²) in [6.45, 7) is 1.09. The van der Waals surface area contributed by atoms with Crippen molar-refractivity contribution < 1.29 is 9.21 Å². The largest absolute Gasteiger partial charge is 0.420 e. The third-order valence-corrected chi connectivity index (χ3v) is 5.76. The Balaban J connectivity index is 1.27. The van der Waals surface area contributed by atoms with E-state index in [9.17, 15) is 9.59 Å². The fourth-order valence-electron chi connectivity index (χ4n) is 4.01. The van der Waals surface area contributed by atoms with Crippen LogP contribution in [-0.4, -0.2) is 33.6 Å². The van der Waals surface area contributed by atoms with E-state index in [0.29, 0.717) is 42.4 Å². The molecule has 0 bridgehead atoms. The van der Waals surface area contributed by atoms with Gasteiger partial charge in [0.25, 0.3) is 0 Å². The van der Waals surface area contributed by atoms with E-state index >= 15 is 0 Å². The van der Waals surface area contributed by atoms with Crippen LogP contribution in [0.2, 0.25) is 5.02 Å². The van der Waals surface area contributed by atoms with Crippen LogP contribution in [0.15, 0.2) is 63.8 Å². The van der Waals surface area contributed by atoms with E-state index in [0.717, 1.165) is 16.4 Å². The first-order valence-corrected chi connectivity index (χ1v) is 10.2. The number of hydrogen-bond donors (Lipinski definition) is 1. The van der Waals surface area contributed by atoms with Crippen molar-refractivity contribution in [1.82, 2.24) is 14.5 Å². The number of rotatable bonds is 2. The first-order chi connectivity index (χ1) is 14.6. The summed E-state index contributed by atoms with van der Waals surface area (Å²) in [6, 6.07) is 16.3. The van der Waals surface area contributed by atoms with E-state index in [1.807, 2.05) is 36.4 Å². The minimum atomic E-state index is -0.348. The highest BCUT2D eigenvalue weighted by molar-refractivity contribution is 6.31. The normalized spacial score (nSPS) is 15.0. The summed E-state index contributed by atoms with van der Waals surface area (Å²) in [6.07, 6.45) is 1.36. The number of nitrogens with zero attached hydrogens (tertiary/aromatic N) is 3. The molecule has 1 saturated heterocycles. The lowest BCUT2D eigenvalue weighted by Crippen LogP contribution is -2.42. The molecule has 1 fully saturated rings. The summed E-state index contributed by atoms with van der Waals surface area (Å²) in [4.78, 5) is 31.2. The summed E-state index contributed by atoms with van der Waals surface area (Å²) < 4.78 is 7.05. The molecule has 8 heteroatoms. The molecule has 2 aromatic carbocycles. The molecule has 0 spiro atoms. The van der Waals surface area contributed by atoms with Crippen LogP contribution >= 0.6 is 11.6 Å². The number of benzene rings is 2. The number of aromatic nitrogens is 2. The third-order valence-electron chi connectivity index (χ3n) is 5.52. The number of amides is 2. The number of carbonyl (C=O) groups is 1. The summed E-state index contributed by atoms with van der Waals surface area (Å²) in [7, 11) is 0. The van der Waals surface area contributed by atoms with Gasteiger partial charge in [-0.05, 0) is 55.3 Å². The van der Waals surface area contributed by atoms with Gasteiger partial charge in [-0.3, -0.25) is 9.88 Å². The summed E-state index contributed by atoms with van der Waals surface area (Å²) in [5.41, 5.74) is 2.15. The van der Waals surface area contributed by atoms with Crippen molar-refractivity contribution in [2.75, 3.05) is 18.4 Å². The van der Waals surface area contributed by atoms with Gasteiger partial charge in [-0.1, -0.05) is 23.7 Å². The van der Waals surface area contributed by atoms with E-state index in [4.69, 9.17) is 16.0 Å². The number of para-hydroxylation sites is 2. The fourth-order valence-corrected chi connectivity index (χ4v) is 4.19. The molecule has 152 valence electrons. The van der Waals surface area contributed by atoms with Crippen molar-refractivity contribution in [2.24, 2.45) is 0 Å². The standard InChI is InChI=1S/C22H19ClN4O3/c23-15-6-7-17-14(13-15)5-8-20(24-17)25-21(28)26-11-9-16(10-12-26)27-18-3-1-2-4-19(18)30-22(27)29/h1-8,13,16H,9-12H2,(H,24,25,28). The SMILES string of the molecule is O=C(Nc1ccc2cc(Cl)ccc2n1)N1CCC(n2c(=O)oc3ccccc32)CC1. The lowest BCUT2D eigenvalue weighted by atomic mass is 10.0. The minimum Gasteiger partial charge on any atom is -0.408 e. The van der Waals surface area contributed by atoms with Gasteiger partial charge in [0.15, 0.2) is 5.58 Å². The van der Waals surface area contributed by atoms with E-state index in [2.05, 4.69) is 10.3 Å². The zero-order valence-electron chi connectivity index (χ0n) is 16.0. The molecule has 0 aliphatic carbocycles. The van der Waals surface area contributed by atoms with Crippen LogP contribution in [0.25, 0.3) is 22.0 Å². The molecular weight excluding hydrogens is 404 g/mol. The maximum absolute atomic E-state index is 12.7. The summed E-state index contributed by atoms with van der Waals surface area (Å²) in [5, 5.41) is 4.43. The number of fused-ring (bicyclic) bond motifs is 2. The number of anilines is 1. The van der Waals surface area contributed by atoms with Gasteiger partial charge in [-0.2, -0.15) is 0 Å². The van der Waals surface area contributed by atoms with Crippen molar-refractivity contribution in [1.29, 1.82) is 0 Å². The van der Waals surface area contributed by atoms with Crippen molar-refractivity contribution in [3.63, 3.8) is 0 Å². The van der Waals surface area contributed by atoms with Crippen LogP contribution in [0.3, 0.4) is 0 Å². The number of urea groups is 1. The maximum atomic E-state index is 12.7. The number of carbonyl (C=O) groups excluding carboxylic acids is 1. The Morgan fingerprint density at radius 1 is 1.10 bits per heavy atom. The Morgan fingerprint density at radius 3 is 2.73 bits per heavy atom. The summed E-state index contributed by atoms with van der Waals surface area (Å²) in [5.74, 6) is 0.147. The highest BCUT2D eigenvalue weighted by Crippen LogP contribution is 2.26. The average molecular weight is 423 g/mol.